The Labute approximate surface area is 92.7 Å². The third-order valence-corrected chi connectivity index (χ3v) is 3.31. The SMILES string of the molecule is CCCSc1c(C#N)nc2ccccn12. The number of hydrogen-bond donors (Lipinski definition) is 0. The van der Waals surface area contributed by atoms with Gasteiger partial charge in [0.1, 0.15) is 16.7 Å². The predicted molar refractivity (Wildman–Crippen MR) is 60.9 cm³/mol. The Bertz CT molecular complexity index is 510. The minimum atomic E-state index is 0.527. The number of nitrogens with zero attached hydrogens (tertiary/aromatic N) is 3. The highest BCUT2D eigenvalue weighted by Crippen LogP contribution is 2.24. The zero-order valence-electron chi connectivity index (χ0n) is 8.47. The summed E-state index contributed by atoms with van der Waals surface area (Å²) >= 11 is 1.69. The first-order valence-corrected chi connectivity index (χ1v) is 5.85. The maximum atomic E-state index is 8.98. The van der Waals surface area contributed by atoms with E-state index in [1.807, 2.05) is 28.8 Å². The van der Waals surface area contributed by atoms with Crippen molar-refractivity contribution in [3.8, 4) is 6.07 Å². The topological polar surface area (TPSA) is 41.1 Å². The van der Waals surface area contributed by atoms with Gasteiger partial charge in [0.2, 0.25) is 0 Å². The molecule has 0 spiro atoms. The quantitative estimate of drug-likeness (QED) is 0.742. The Morgan fingerprint density at radius 3 is 3.13 bits per heavy atom. The predicted octanol–water partition coefficient (Wildman–Crippen LogP) is 2.71. The van der Waals surface area contributed by atoms with Crippen LogP contribution in [0.2, 0.25) is 0 Å². The first kappa shape index (κ1) is 10.1. The van der Waals surface area contributed by atoms with Gasteiger partial charge in [-0.2, -0.15) is 5.26 Å². The van der Waals surface area contributed by atoms with Gasteiger partial charge in [-0.1, -0.05) is 13.0 Å². The van der Waals surface area contributed by atoms with Crippen molar-refractivity contribution < 1.29 is 0 Å². The summed E-state index contributed by atoms with van der Waals surface area (Å²) in [6.45, 7) is 2.13. The third-order valence-electron chi connectivity index (χ3n) is 2.03. The van der Waals surface area contributed by atoms with Crippen molar-refractivity contribution in [3.05, 3.63) is 30.1 Å². The van der Waals surface area contributed by atoms with Gasteiger partial charge in [-0.05, 0) is 24.3 Å². The molecule has 2 heterocycles. The van der Waals surface area contributed by atoms with Crippen molar-refractivity contribution in [2.24, 2.45) is 0 Å². The van der Waals surface area contributed by atoms with Gasteiger partial charge in [-0.25, -0.2) is 4.98 Å². The molecule has 0 aliphatic carbocycles. The molecule has 0 N–H and O–H groups in total. The second kappa shape index (κ2) is 4.37. The van der Waals surface area contributed by atoms with E-state index in [0.717, 1.165) is 22.8 Å². The molecule has 15 heavy (non-hydrogen) atoms. The van der Waals surface area contributed by atoms with Crippen molar-refractivity contribution in [1.29, 1.82) is 5.26 Å². The van der Waals surface area contributed by atoms with Crippen LogP contribution in [-0.4, -0.2) is 15.1 Å². The summed E-state index contributed by atoms with van der Waals surface area (Å²) in [5.74, 6) is 1.01. The second-order valence-corrected chi connectivity index (χ2v) is 4.24. The molecule has 0 saturated carbocycles. The Kier molecular flexibility index (Phi) is 2.93. The molecule has 2 aromatic heterocycles. The molecule has 2 aromatic rings. The van der Waals surface area contributed by atoms with Gasteiger partial charge in [-0.3, -0.25) is 4.40 Å². The smallest absolute Gasteiger partial charge is 0.173 e. The van der Waals surface area contributed by atoms with Crippen molar-refractivity contribution in [2.45, 2.75) is 18.4 Å². The molecule has 0 fully saturated rings. The minimum absolute atomic E-state index is 0.527. The molecule has 0 saturated heterocycles. The highest BCUT2D eigenvalue weighted by atomic mass is 32.2. The fourth-order valence-electron chi connectivity index (χ4n) is 1.38. The summed E-state index contributed by atoms with van der Waals surface area (Å²) in [6.07, 6.45) is 3.04. The number of nitriles is 1. The molecule has 0 radical (unpaired) electrons. The number of hydrogen-bond acceptors (Lipinski definition) is 3. The molecule has 2 rings (SSSR count). The van der Waals surface area contributed by atoms with Crippen LogP contribution in [0.4, 0.5) is 0 Å². The maximum absolute atomic E-state index is 8.98. The highest BCUT2D eigenvalue weighted by molar-refractivity contribution is 7.99. The molecule has 0 amide bonds. The molecule has 0 aliphatic heterocycles. The number of thioether (sulfide) groups is 1. The lowest BCUT2D eigenvalue weighted by Gasteiger charge is -1.99. The first-order chi connectivity index (χ1) is 7.36. The van der Waals surface area contributed by atoms with E-state index < -0.39 is 0 Å². The summed E-state index contributed by atoms with van der Waals surface area (Å²) in [6, 6.07) is 7.93. The lowest BCUT2D eigenvalue weighted by Crippen LogP contribution is -1.87. The number of aromatic nitrogens is 2. The van der Waals surface area contributed by atoms with Gasteiger partial charge in [0.05, 0.1) is 0 Å². The number of fused-ring (bicyclic) bond motifs is 1. The van der Waals surface area contributed by atoms with Gasteiger partial charge in [-0.15, -0.1) is 11.8 Å². The average molecular weight is 217 g/mol. The van der Waals surface area contributed by atoms with Gasteiger partial charge < -0.3 is 0 Å². The monoisotopic (exact) mass is 217 g/mol. The number of rotatable bonds is 3. The average Bonchev–Trinajstić information content (AvgIpc) is 2.64. The molecule has 0 unspecified atom stereocenters. The fourth-order valence-corrected chi connectivity index (χ4v) is 2.30. The van der Waals surface area contributed by atoms with E-state index in [2.05, 4.69) is 18.0 Å². The molecule has 3 nitrogen and oxygen atoms in total. The van der Waals surface area contributed by atoms with E-state index in [0.29, 0.717) is 5.69 Å². The van der Waals surface area contributed by atoms with E-state index in [9.17, 15) is 0 Å². The van der Waals surface area contributed by atoms with Crippen molar-refractivity contribution >= 4 is 17.4 Å². The van der Waals surface area contributed by atoms with Crippen LogP contribution in [0, 0.1) is 11.3 Å². The van der Waals surface area contributed by atoms with Crippen LogP contribution >= 0.6 is 11.8 Å². The molecule has 0 aromatic carbocycles. The standard InChI is InChI=1S/C11H11N3S/c1-2-7-15-11-9(8-12)13-10-5-3-4-6-14(10)11/h3-6H,2,7H2,1H3. The zero-order valence-corrected chi connectivity index (χ0v) is 9.29. The fraction of sp³-hybridized carbons (Fsp3) is 0.273. The molecular formula is C11H11N3S. The van der Waals surface area contributed by atoms with Gasteiger partial charge in [0.15, 0.2) is 5.69 Å². The highest BCUT2D eigenvalue weighted by Gasteiger charge is 2.10. The molecular weight excluding hydrogens is 206 g/mol. The molecule has 0 aliphatic rings. The van der Waals surface area contributed by atoms with Crippen molar-refractivity contribution in [2.75, 3.05) is 5.75 Å². The maximum Gasteiger partial charge on any atom is 0.173 e. The zero-order chi connectivity index (χ0) is 10.7. The van der Waals surface area contributed by atoms with E-state index in [-0.39, 0.29) is 0 Å². The minimum Gasteiger partial charge on any atom is -0.294 e. The summed E-state index contributed by atoms with van der Waals surface area (Å²) < 4.78 is 1.97. The van der Waals surface area contributed by atoms with Crippen LogP contribution in [0.5, 0.6) is 0 Å². The van der Waals surface area contributed by atoms with E-state index in [1.165, 1.54) is 0 Å². The van der Waals surface area contributed by atoms with E-state index in [4.69, 9.17) is 5.26 Å². The van der Waals surface area contributed by atoms with Crippen molar-refractivity contribution in [1.82, 2.24) is 9.38 Å². The van der Waals surface area contributed by atoms with Gasteiger partial charge in [0, 0.05) is 6.20 Å². The van der Waals surface area contributed by atoms with Crippen LogP contribution in [0.15, 0.2) is 29.4 Å². The Balaban J connectivity index is 2.53. The van der Waals surface area contributed by atoms with Gasteiger partial charge >= 0.3 is 0 Å². The van der Waals surface area contributed by atoms with Crippen molar-refractivity contribution in [3.63, 3.8) is 0 Å². The first-order valence-electron chi connectivity index (χ1n) is 4.86. The summed E-state index contributed by atoms with van der Waals surface area (Å²) in [5, 5.41) is 9.93. The number of imidazole rings is 1. The van der Waals surface area contributed by atoms with Crippen LogP contribution in [-0.2, 0) is 0 Å². The Morgan fingerprint density at radius 2 is 2.40 bits per heavy atom. The molecule has 0 atom stereocenters. The van der Waals surface area contributed by atoms with E-state index in [1.54, 1.807) is 11.8 Å². The Hall–Kier alpha value is -1.47. The lowest BCUT2D eigenvalue weighted by molar-refractivity contribution is 1.03. The Morgan fingerprint density at radius 1 is 1.53 bits per heavy atom. The summed E-state index contributed by atoms with van der Waals surface area (Å²) in [7, 11) is 0. The summed E-state index contributed by atoms with van der Waals surface area (Å²) in [4.78, 5) is 4.27. The van der Waals surface area contributed by atoms with Gasteiger partial charge in [0.25, 0.3) is 0 Å². The molecule has 0 bridgehead atoms. The summed E-state index contributed by atoms with van der Waals surface area (Å²) in [5.41, 5.74) is 1.37. The normalized spacial score (nSPS) is 10.4. The third kappa shape index (κ3) is 1.83. The van der Waals surface area contributed by atoms with Crippen LogP contribution in [0.25, 0.3) is 5.65 Å². The number of pyridine rings is 1. The van der Waals surface area contributed by atoms with Crippen LogP contribution < -0.4 is 0 Å². The second-order valence-electron chi connectivity index (χ2n) is 3.15. The van der Waals surface area contributed by atoms with Crippen LogP contribution in [0.3, 0.4) is 0 Å². The lowest BCUT2D eigenvalue weighted by atomic mass is 10.5. The van der Waals surface area contributed by atoms with E-state index >= 15 is 0 Å². The largest absolute Gasteiger partial charge is 0.294 e. The molecule has 76 valence electrons. The molecule has 4 heteroatoms. The van der Waals surface area contributed by atoms with Crippen LogP contribution in [0.1, 0.15) is 19.0 Å².